The van der Waals surface area contributed by atoms with Crippen molar-refractivity contribution < 1.29 is 9.90 Å². The molecule has 0 radical (unpaired) electrons. The highest BCUT2D eigenvalue weighted by molar-refractivity contribution is 5.78. The van der Waals surface area contributed by atoms with Gasteiger partial charge in [-0.1, -0.05) is 86.1 Å². The molecule has 0 aliphatic carbocycles. The molecule has 1 aromatic carbocycles. The summed E-state index contributed by atoms with van der Waals surface area (Å²) in [6.07, 6.45) is 3.41. The van der Waals surface area contributed by atoms with Gasteiger partial charge in [-0.3, -0.25) is 4.79 Å². The zero-order chi connectivity index (χ0) is 23.8. The van der Waals surface area contributed by atoms with E-state index in [0.717, 1.165) is 25.7 Å². The number of carbonyl (C=O) groups excluding carboxylic acids is 1. The predicted molar refractivity (Wildman–Crippen MR) is 132 cm³/mol. The van der Waals surface area contributed by atoms with Gasteiger partial charge in [0.25, 0.3) is 0 Å². The van der Waals surface area contributed by atoms with Gasteiger partial charge in [0, 0.05) is 18.5 Å². The van der Waals surface area contributed by atoms with E-state index in [1.165, 1.54) is 11.1 Å². The number of amides is 1. The molecule has 0 saturated carbocycles. The summed E-state index contributed by atoms with van der Waals surface area (Å²) in [6, 6.07) is 8.56. The van der Waals surface area contributed by atoms with Crippen molar-refractivity contribution in [3.05, 3.63) is 35.4 Å². The van der Waals surface area contributed by atoms with Crippen LogP contribution in [0.25, 0.3) is 0 Å². The molecule has 4 heteroatoms. The number of nitrogens with two attached hydrogens (primary N) is 1. The Morgan fingerprint density at radius 1 is 1.06 bits per heavy atom. The number of aliphatic hydroxyl groups excluding tert-OH is 1. The molecule has 0 saturated heterocycles. The zero-order valence-corrected chi connectivity index (χ0v) is 21.3. The minimum atomic E-state index is -0.681. The first-order valence-electron chi connectivity index (χ1n) is 12.1. The van der Waals surface area contributed by atoms with E-state index in [9.17, 15) is 9.90 Å². The molecule has 0 aromatic heterocycles. The molecule has 4 N–H and O–H groups in total. The lowest BCUT2D eigenvalue weighted by Crippen LogP contribution is -2.42. The summed E-state index contributed by atoms with van der Waals surface area (Å²) in [7, 11) is 0. The SMILES string of the molecule is CCCCNC(=O)C(C)C[C@H](O)[C@@H](N)C[C@H](Cc1ccc(C(C)(C)C)cc1)C(C)(C)C. The summed E-state index contributed by atoms with van der Waals surface area (Å²) in [6.45, 7) is 18.1. The van der Waals surface area contributed by atoms with Crippen LogP contribution < -0.4 is 11.1 Å². The van der Waals surface area contributed by atoms with Crippen molar-refractivity contribution in [3.8, 4) is 0 Å². The third-order valence-corrected chi connectivity index (χ3v) is 6.45. The lowest BCUT2D eigenvalue weighted by molar-refractivity contribution is -0.125. The van der Waals surface area contributed by atoms with E-state index >= 15 is 0 Å². The average molecular weight is 433 g/mol. The molecule has 1 unspecified atom stereocenters. The van der Waals surface area contributed by atoms with Gasteiger partial charge >= 0.3 is 0 Å². The standard InChI is InChI=1S/C27H48N2O2/c1-9-10-15-29-25(31)19(2)16-24(30)23(28)18-22(27(6,7)8)17-20-11-13-21(14-12-20)26(3,4)5/h11-14,19,22-24,30H,9-10,15-18,28H2,1-8H3,(H,29,31)/t19?,22-,23-,24-/m0/s1. The third kappa shape index (κ3) is 9.74. The highest BCUT2D eigenvalue weighted by Crippen LogP contribution is 2.34. The van der Waals surface area contributed by atoms with E-state index in [1.807, 2.05) is 6.92 Å². The van der Waals surface area contributed by atoms with Crippen LogP contribution in [-0.2, 0) is 16.6 Å². The summed E-state index contributed by atoms with van der Waals surface area (Å²) < 4.78 is 0. The van der Waals surface area contributed by atoms with Gasteiger partial charge in [-0.25, -0.2) is 0 Å². The fourth-order valence-corrected chi connectivity index (χ4v) is 3.86. The largest absolute Gasteiger partial charge is 0.391 e. The second-order valence-corrected chi connectivity index (χ2v) is 11.5. The van der Waals surface area contributed by atoms with Gasteiger partial charge in [0.05, 0.1) is 6.10 Å². The average Bonchev–Trinajstić information content (AvgIpc) is 2.66. The Morgan fingerprint density at radius 2 is 1.65 bits per heavy atom. The van der Waals surface area contributed by atoms with Crippen LogP contribution in [0.5, 0.6) is 0 Å². The van der Waals surface area contributed by atoms with E-state index in [2.05, 4.69) is 78.0 Å². The minimum absolute atomic E-state index is 0.00556. The number of carbonyl (C=O) groups is 1. The van der Waals surface area contributed by atoms with Crippen LogP contribution in [0.3, 0.4) is 0 Å². The van der Waals surface area contributed by atoms with Crippen LogP contribution in [0.2, 0.25) is 0 Å². The Hall–Kier alpha value is -1.39. The summed E-state index contributed by atoms with van der Waals surface area (Å²) in [5, 5.41) is 13.7. The third-order valence-electron chi connectivity index (χ3n) is 6.45. The van der Waals surface area contributed by atoms with Gasteiger partial charge in [-0.15, -0.1) is 0 Å². The van der Waals surface area contributed by atoms with E-state index in [1.54, 1.807) is 0 Å². The van der Waals surface area contributed by atoms with Crippen molar-refractivity contribution in [2.75, 3.05) is 6.54 Å². The molecule has 0 bridgehead atoms. The Bertz CT molecular complexity index is 655. The lowest BCUT2D eigenvalue weighted by Gasteiger charge is -2.34. The molecular formula is C27H48N2O2. The number of hydrogen-bond donors (Lipinski definition) is 3. The van der Waals surface area contributed by atoms with E-state index in [-0.39, 0.29) is 28.7 Å². The topological polar surface area (TPSA) is 75.3 Å². The molecule has 0 heterocycles. The van der Waals surface area contributed by atoms with Crippen molar-refractivity contribution in [1.29, 1.82) is 0 Å². The Balaban J connectivity index is 2.73. The number of unbranched alkanes of at least 4 members (excludes halogenated alkanes) is 1. The first-order chi connectivity index (χ1) is 14.3. The zero-order valence-electron chi connectivity index (χ0n) is 21.3. The summed E-state index contributed by atoms with van der Waals surface area (Å²) in [5.41, 5.74) is 9.30. The molecule has 1 amide bonds. The van der Waals surface area contributed by atoms with Crippen LogP contribution in [0.4, 0.5) is 0 Å². The predicted octanol–water partition coefficient (Wildman–Crippen LogP) is 5.21. The molecule has 0 aliphatic rings. The van der Waals surface area contributed by atoms with Gasteiger partial charge < -0.3 is 16.2 Å². The molecule has 0 aliphatic heterocycles. The number of aliphatic hydroxyl groups is 1. The number of hydrogen-bond acceptors (Lipinski definition) is 3. The van der Waals surface area contributed by atoms with Crippen molar-refractivity contribution in [2.24, 2.45) is 23.0 Å². The highest BCUT2D eigenvalue weighted by atomic mass is 16.3. The maximum absolute atomic E-state index is 12.2. The van der Waals surface area contributed by atoms with Gasteiger partial charge in [-0.2, -0.15) is 0 Å². The molecule has 31 heavy (non-hydrogen) atoms. The molecule has 0 spiro atoms. The van der Waals surface area contributed by atoms with Gasteiger partial charge in [0.15, 0.2) is 0 Å². The molecule has 4 nitrogen and oxygen atoms in total. The second kappa shape index (κ2) is 12.0. The maximum Gasteiger partial charge on any atom is 0.222 e. The molecule has 1 aromatic rings. The summed E-state index contributed by atoms with van der Waals surface area (Å²) in [4.78, 5) is 12.2. The Kier molecular flexibility index (Phi) is 10.7. The van der Waals surface area contributed by atoms with Crippen molar-refractivity contribution in [1.82, 2.24) is 5.32 Å². The number of benzene rings is 1. The maximum atomic E-state index is 12.2. The van der Waals surface area contributed by atoms with E-state index < -0.39 is 6.10 Å². The van der Waals surface area contributed by atoms with Crippen LogP contribution in [-0.4, -0.2) is 29.7 Å². The summed E-state index contributed by atoms with van der Waals surface area (Å²) >= 11 is 0. The van der Waals surface area contributed by atoms with Crippen LogP contribution in [0, 0.1) is 17.3 Å². The molecular weight excluding hydrogens is 384 g/mol. The van der Waals surface area contributed by atoms with E-state index in [0.29, 0.717) is 18.9 Å². The normalized spacial score (nSPS) is 16.5. The Labute approximate surface area is 191 Å². The van der Waals surface area contributed by atoms with E-state index in [4.69, 9.17) is 5.73 Å². The van der Waals surface area contributed by atoms with Gasteiger partial charge in [-0.05, 0) is 53.6 Å². The van der Waals surface area contributed by atoms with Crippen molar-refractivity contribution >= 4 is 5.91 Å². The van der Waals surface area contributed by atoms with Gasteiger partial charge in [0.1, 0.15) is 0 Å². The quantitative estimate of drug-likeness (QED) is 0.420. The molecule has 0 fully saturated rings. The first kappa shape index (κ1) is 27.6. The molecule has 4 atom stereocenters. The fourth-order valence-electron chi connectivity index (χ4n) is 3.86. The van der Waals surface area contributed by atoms with Crippen LogP contribution in [0.15, 0.2) is 24.3 Å². The molecule has 178 valence electrons. The first-order valence-corrected chi connectivity index (χ1v) is 12.1. The molecule has 1 rings (SSSR count). The lowest BCUT2D eigenvalue weighted by atomic mass is 9.73. The minimum Gasteiger partial charge on any atom is -0.391 e. The monoisotopic (exact) mass is 432 g/mol. The van der Waals surface area contributed by atoms with Crippen molar-refractivity contribution in [2.45, 2.75) is 105 Å². The van der Waals surface area contributed by atoms with Crippen LogP contribution in [0.1, 0.15) is 92.2 Å². The highest BCUT2D eigenvalue weighted by Gasteiger charge is 2.30. The smallest absolute Gasteiger partial charge is 0.222 e. The summed E-state index contributed by atoms with van der Waals surface area (Å²) in [5.74, 6) is 0.105. The Morgan fingerprint density at radius 3 is 2.13 bits per heavy atom. The van der Waals surface area contributed by atoms with Crippen molar-refractivity contribution in [3.63, 3.8) is 0 Å². The van der Waals surface area contributed by atoms with Gasteiger partial charge in [0.2, 0.25) is 5.91 Å². The number of rotatable bonds is 11. The number of nitrogens with one attached hydrogen (secondary N) is 1. The second-order valence-electron chi connectivity index (χ2n) is 11.5. The van der Waals surface area contributed by atoms with Crippen LogP contribution >= 0.6 is 0 Å². The fraction of sp³-hybridized carbons (Fsp3) is 0.741.